The highest BCUT2D eigenvalue weighted by atomic mass is 19.4. The third-order valence-electron chi connectivity index (χ3n) is 5.24. The number of likely N-dealkylation sites (tertiary alicyclic amines) is 1. The van der Waals surface area contributed by atoms with Gasteiger partial charge in [0.05, 0.1) is 35.4 Å². The Morgan fingerprint density at radius 3 is 2.45 bits per heavy atom. The Hall–Kier alpha value is -3.24. The second-order valence-corrected chi connectivity index (χ2v) is 7.33. The number of alkyl halides is 3. The third kappa shape index (κ3) is 3.26. The van der Waals surface area contributed by atoms with Crippen molar-refractivity contribution in [2.45, 2.75) is 31.0 Å². The summed E-state index contributed by atoms with van der Waals surface area (Å²) in [7, 11) is 0. The molecular formula is C18H16F3N7O. The Bertz CT molecular complexity index is 1050. The minimum atomic E-state index is -4.38. The minimum absolute atomic E-state index is 0.0346. The van der Waals surface area contributed by atoms with Crippen molar-refractivity contribution in [1.29, 1.82) is 0 Å². The summed E-state index contributed by atoms with van der Waals surface area (Å²) in [6.45, 7) is 1.00. The number of rotatable bonds is 4. The first-order chi connectivity index (χ1) is 13.9. The molecule has 3 aromatic rings. The summed E-state index contributed by atoms with van der Waals surface area (Å²) in [5.74, 6) is -0.0688. The number of hydrogen-bond donors (Lipinski definition) is 0. The number of halogens is 3. The van der Waals surface area contributed by atoms with Gasteiger partial charge in [-0.25, -0.2) is 9.36 Å². The number of carbonyl (C=O) groups excluding carboxylic acids is 1. The maximum Gasteiger partial charge on any atom is 0.416 e. The van der Waals surface area contributed by atoms with Crippen molar-refractivity contribution in [3.63, 3.8) is 0 Å². The lowest BCUT2D eigenvalue weighted by atomic mass is 9.96. The lowest BCUT2D eigenvalue weighted by Crippen LogP contribution is -2.49. The fourth-order valence-electron chi connectivity index (χ4n) is 3.37. The maximum atomic E-state index is 12.7. The summed E-state index contributed by atoms with van der Waals surface area (Å²) in [5, 5.41) is 16.0. The lowest BCUT2D eigenvalue weighted by molar-refractivity contribution is -0.137. The highest BCUT2D eigenvalue weighted by Gasteiger charge is 2.37. The molecule has 2 aliphatic rings. The Kier molecular flexibility index (Phi) is 3.93. The average Bonchev–Trinajstić information content (AvgIpc) is 3.18. The summed E-state index contributed by atoms with van der Waals surface area (Å²) in [4.78, 5) is 14.4. The van der Waals surface area contributed by atoms with Crippen molar-refractivity contribution in [2.24, 2.45) is 0 Å². The molecule has 0 bridgehead atoms. The predicted molar refractivity (Wildman–Crippen MR) is 93.3 cm³/mol. The molecule has 2 fully saturated rings. The Balaban J connectivity index is 1.24. The Morgan fingerprint density at radius 1 is 1.07 bits per heavy atom. The smallest absolute Gasteiger partial charge is 0.336 e. The monoisotopic (exact) mass is 403 g/mol. The van der Waals surface area contributed by atoms with Crippen molar-refractivity contribution in [1.82, 2.24) is 34.9 Å². The number of nitrogens with zero attached hydrogens (tertiary/aromatic N) is 7. The first-order valence-corrected chi connectivity index (χ1v) is 9.19. The molecule has 8 nitrogen and oxygen atoms in total. The molecule has 2 aromatic heterocycles. The van der Waals surface area contributed by atoms with Crippen LogP contribution < -0.4 is 0 Å². The van der Waals surface area contributed by atoms with Crippen LogP contribution in [0.15, 0.2) is 36.7 Å². The zero-order chi connectivity index (χ0) is 20.2. The average molecular weight is 403 g/mol. The largest absolute Gasteiger partial charge is 0.416 e. The molecule has 0 N–H and O–H groups in total. The molecular weight excluding hydrogens is 387 g/mol. The number of aromatic nitrogens is 6. The molecule has 1 aromatic carbocycles. The molecule has 3 heterocycles. The van der Waals surface area contributed by atoms with Crippen LogP contribution >= 0.6 is 0 Å². The van der Waals surface area contributed by atoms with Gasteiger partial charge in [-0.2, -0.15) is 13.2 Å². The second kappa shape index (κ2) is 6.39. The Labute approximate surface area is 162 Å². The maximum absolute atomic E-state index is 12.7. The molecule has 0 spiro atoms. The molecule has 29 heavy (non-hydrogen) atoms. The molecule has 1 amide bonds. The summed E-state index contributed by atoms with van der Waals surface area (Å²) in [6.07, 6.45) is 0.830. The van der Waals surface area contributed by atoms with Crippen molar-refractivity contribution in [2.75, 3.05) is 13.1 Å². The number of benzene rings is 1. The van der Waals surface area contributed by atoms with E-state index in [0.717, 1.165) is 25.0 Å². The van der Waals surface area contributed by atoms with E-state index in [2.05, 4.69) is 20.6 Å². The lowest BCUT2D eigenvalue weighted by Gasteiger charge is -2.37. The first kappa shape index (κ1) is 17.8. The van der Waals surface area contributed by atoms with Crippen LogP contribution in [0, 0.1) is 0 Å². The fourth-order valence-corrected chi connectivity index (χ4v) is 3.37. The van der Waals surface area contributed by atoms with E-state index < -0.39 is 11.7 Å². The molecule has 11 heteroatoms. The van der Waals surface area contributed by atoms with Crippen LogP contribution in [0.2, 0.25) is 0 Å². The molecule has 0 radical (unpaired) electrons. The van der Waals surface area contributed by atoms with Crippen molar-refractivity contribution in [3.05, 3.63) is 53.6 Å². The quantitative estimate of drug-likeness (QED) is 0.669. The molecule has 1 aliphatic heterocycles. The van der Waals surface area contributed by atoms with E-state index in [1.54, 1.807) is 15.8 Å². The normalized spacial score (nSPS) is 17.4. The van der Waals surface area contributed by atoms with Gasteiger partial charge in [-0.05, 0) is 37.1 Å². The van der Waals surface area contributed by atoms with E-state index >= 15 is 0 Å². The van der Waals surface area contributed by atoms with Gasteiger partial charge in [0.25, 0.3) is 5.91 Å². The summed E-state index contributed by atoms with van der Waals surface area (Å²) >= 11 is 0. The van der Waals surface area contributed by atoms with Gasteiger partial charge in [-0.1, -0.05) is 10.4 Å². The first-order valence-electron chi connectivity index (χ1n) is 9.19. The molecule has 150 valence electrons. The number of amides is 1. The molecule has 1 saturated carbocycles. The van der Waals surface area contributed by atoms with Crippen molar-refractivity contribution >= 4 is 5.91 Å². The van der Waals surface area contributed by atoms with E-state index in [-0.39, 0.29) is 17.9 Å². The van der Waals surface area contributed by atoms with Gasteiger partial charge in [0, 0.05) is 19.0 Å². The summed E-state index contributed by atoms with van der Waals surface area (Å²) < 4.78 is 41.2. The highest BCUT2D eigenvalue weighted by Crippen LogP contribution is 2.36. The number of carbonyl (C=O) groups is 1. The summed E-state index contributed by atoms with van der Waals surface area (Å²) in [5.41, 5.74) is 0.972. The van der Waals surface area contributed by atoms with Crippen LogP contribution in [0.25, 0.3) is 5.69 Å². The van der Waals surface area contributed by atoms with Gasteiger partial charge >= 0.3 is 6.18 Å². The van der Waals surface area contributed by atoms with Gasteiger partial charge in [0.2, 0.25) is 0 Å². The molecule has 1 saturated heterocycles. The van der Waals surface area contributed by atoms with E-state index in [0.29, 0.717) is 30.2 Å². The van der Waals surface area contributed by atoms with E-state index in [1.807, 2.05) is 0 Å². The predicted octanol–water partition coefficient (Wildman–Crippen LogP) is 2.45. The third-order valence-corrected chi connectivity index (χ3v) is 5.24. The molecule has 0 unspecified atom stereocenters. The SMILES string of the molecule is O=C(c1cnnn1C1CC1)N1CC(c2cn(-c3ccc(C(F)(F)F)cc3)nn2)C1. The van der Waals surface area contributed by atoms with Gasteiger partial charge in [-0.15, -0.1) is 10.2 Å². The van der Waals surface area contributed by atoms with Crippen LogP contribution in [0.3, 0.4) is 0 Å². The summed E-state index contributed by atoms with van der Waals surface area (Å²) in [6, 6.07) is 5.00. The molecule has 5 rings (SSSR count). The fraction of sp³-hybridized carbons (Fsp3) is 0.389. The molecule has 1 aliphatic carbocycles. The van der Waals surface area contributed by atoms with E-state index in [4.69, 9.17) is 0 Å². The van der Waals surface area contributed by atoms with Crippen LogP contribution in [-0.4, -0.2) is 53.9 Å². The zero-order valence-corrected chi connectivity index (χ0v) is 15.1. The van der Waals surface area contributed by atoms with Crippen LogP contribution in [0.1, 0.15) is 46.5 Å². The van der Waals surface area contributed by atoms with Crippen LogP contribution in [-0.2, 0) is 6.18 Å². The van der Waals surface area contributed by atoms with Gasteiger partial charge in [-0.3, -0.25) is 4.79 Å². The zero-order valence-electron chi connectivity index (χ0n) is 15.1. The van der Waals surface area contributed by atoms with Gasteiger partial charge in [0.15, 0.2) is 0 Å². The van der Waals surface area contributed by atoms with Crippen molar-refractivity contribution < 1.29 is 18.0 Å². The molecule has 0 atom stereocenters. The van der Waals surface area contributed by atoms with Crippen LogP contribution in [0.5, 0.6) is 0 Å². The van der Waals surface area contributed by atoms with Crippen molar-refractivity contribution in [3.8, 4) is 5.69 Å². The minimum Gasteiger partial charge on any atom is -0.336 e. The Morgan fingerprint density at radius 2 is 1.79 bits per heavy atom. The topological polar surface area (TPSA) is 81.7 Å². The van der Waals surface area contributed by atoms with Gasteiger partial charge < -0.3 is 4.90 Å². The second-order valence-electron chi connectivity index (χ2n) is 7.33. The van der Waals surface area contributed by atoms with E-state index in [9.17, 15) is 18.0 Å². The van der Waals surface area contributed by atoms with E-state index in [1.165, 1.54) is 23.0 Å². The van der Waals surface area contributed by atoms with Gasteiger partial charge in [0.1, 0.15) is 5.69 Å². The standard InChI is InChI=1S/C18H16F3N7O/c19-18(20,21)12-1-3-13(4-2-12)27-10-15(23-25-27)11-8-26(9-11)17(29)16-7-22-24-28(16)14-5-6-14/h1-4,7,10-11,14H,5-6,8-9H2. The number of hydrogen-bond acceptors (Lipinski definition) is 5. The highest BCUT2D eigenvalue weighted by molar-refractivity contribution is 5.93. The van der Waals surface area contributed by atoms with Crippen LogP contribution in [0.4, 0.5) is 13.2 Å².